The Balaban J connectivity index is 1.39. The Kier molecular flexibility index (Phi) is 7.36. The number of anilines is 1. The van der Waals surface area contributed by atoms with Crippen molar-refractivity contribution in [1.29, 1.82) is 0 Å². The molecule has 8 heteroatoms. The molecule has 0 heterocycles. The van der Waals surface area contributed by atoms with Crippen LogP contribution >= 0.6 is 11.6 Å². The summed E-state index contributed by atoms with van der Waals surface area (Å²) in [4.78, 5) is 35.9. The minimum Gasteiger partial charge on any atom is -0.481 e. The van der Waals surface area contributed by atoms with Gasteiger partial charge in [-0.1, -0.05) is 67.1 Å². The second-order valence-electron chi connectivity index (χ2n) is 8.59. The van der Waals surface area contributed by atoms with Crippen LogP contribution in [0.25, 0.3) is 11.1 Å². The third-order valence-corrected chi connectivity index (χ3v) is 6.10. The minimum absolute atomic E-state index is 0.0512. The second kappa shape index (κ2) is 10.6. The van der Waals surface area contributed by atoms with E-state index in [0.717, 1.165) is 22.3 Å². The topological polar surface area (TPSA) is 105 Å². The van der Waals surface area contributed by atoms with Crippen LogP contribution in [-0.4, -0.2) is 36.2 Å². The maximum atomic E-state index is 12.6. The number of fused-ring (bicyclic) bond motifs is 3. The van der Waals surface area contributed by atoms with Gasteiger partial charge in [0.2, 0.25) is 0 Å². The summed E-state index contributed by atoms with van der Waals surface area (Å²) in [6.07, 6.45) is -0.708. The zero-order chi connectivity index (χ0) is 24.9. The summed E-state index contributed by atoms with van der Waals surface area (Å²) in [6, 6.07) is 20.6. The first kappa shape index (κ1) is 24.3. The van der Waals surface area contributed by atoms with E-state index in [9.17, 15) is 14.4 Å². The third-order valence-electron chi connectivity index (χ3n) is 5.88. The molecule has 3 aromatic rings. The second-order valence-corrected chi connectivity index (χ2v) is 9.03. The largest absolute Gasteiger partial charge is 0.481 e. The Morgan fingerprint density at radius 1 is 1.00 bits per heavy atom. The molecule has 1 aliphatic rings. The summed E-state index contributed by atoms with van der Waals surface area (Å²) in [5.74, 6) is -1.64. The molecule has 1 aliphatic carbocycles. The van der Waals surface area contributed by atoms with Crippen molar-refractivity contribution in [2.75, 3.05) is 18.5 Å². The number of amides is 2. The summed E-state index contributed by atoms with van der Waals surface area (Å²) in [7, 11) is 0. The molecular weight excluding hydrogens is 468 g/mol. The first-order valence-electron chi connectivity index (χ1n) is 11.2. The van der Waals surface area contributed by atoms with Crippen molar-refractivity contribution < 1.29 is 24.2 Å². The first-order chi connectivity index (χ1) is 16.8. The number of hydrogen-bond acceptors (Lipinski definition) is 4. The van der Waals surface area contributed by atoms with E-state index in [4.69, 9.17) is 21.4 Å². The minimum atomic E-state index is -0.927. The Hall–Kier alpha value is -3.84. The van der Waals surface area contributed by atoms with Crippen molar-refractivity contribution >= 4 is 35.3 Å². The number of ether oxygens (including phenoxy) is 1. The van der Waals surface area contributed by atoms with Gasteiger partial charge in [0.05, 0.1) is 0 Å². The number of aliphatic carboxylic acids is 1. The van der Waals surface area contributed by atoms with Crippen molar-refractivity contribution in [2.45, 2.75) is 19.3 Å². The van der Waals surface area contributed by atoms with E-state index in [1.54, 1.807) is 6.92 Å². The molecule has 0 bridgehead atoms. The van der Waals surface area contributed by atoms with E-state index in [2.05, 4.69) is 22.8 Å². The monoisotopic (exact) mass is 492 g/mol. The van der Waals surface area contributed by atoms with Crippen LogP contribution in [0.5, 0.6) is 0 Å². The van der Waals surface area contributed by atoms with E-state index < -0.39 is 18.0 Å². The summed E-state index contributed by atoms with van der Waals surface area (Å²) in [5, 5.41) is 14.4. The van der Waals surface area contributed by atoms with Crippen LogP contribution in [0.15, 0.2) is 66.7 Å². The van der Waals surface area contributed by atoms with Crippen molar-refractivity contribution in [1.82, 2.24) is 5.32 Å². The van der Waals surface area contributed by atoms with Crippen molar-refractivity contribution in [2.24, 2.45) is 5.92 Å². The number of halogens is 1. The van der Waals surface area contributed by atoms with Crippen LogP contribution in [0.4, 0.5) is 10.5 Å². The lowest BCUT2D eigenvalue weighted by molar-refractivity contribution is -0.137. The Morgan fingerprint density at radius 3 is 2.26 bits per heavy atom. The molecule has 0 aromatic heterocycles. The van der Waals surface area contributed by atoms with Gasteiger partial charge < -0.3 is 15.2 Å². The molecule has 1 atom stereocenters. The molecule has 2 amide bonds. The van der Waals surface area contributed by atoms with Crippen LogP contribution in [0.3, 0.4) is 0 Å². The average molecular weight is 493 g/mol. The van der Waals surface area contributed by atoms with Gasteiger partial charge in [0.25, 0.3) is 5.91 Å². The maximum absolute atomic E-state index is 12.6. The number of rotatable bonds is 8. The highest BCUT2D eigenvalue weighted by molar-refractivity contribution is 6.31. The number of nitrogens with one attached hydrogen (secondary N) is 2. The lowest BCUT2D eigenvalue weighted by Crippen LogP contribution is -2.29. The summed E-state index contributed by atoms with van der Waals surface area (Å²) < 4.78 is 5.55. The number of carboxylic acids is 1. The number of carbonyl (C=O) groups is 3. The van der Waals surface area contributed by atoms with Gasteiger partial charge in [0, 0.05) is 35.2 Å². The quantitative estimate of drug-likeness (QED) is 0.383. The Morgan fingerprint density at radius 2 is 1.63 bits per heavy atom. The molecular formula is C27H25ClN2O5. The molecule has 3 N–H and O–H groups in total. The standard InChI is InChI=1S/C27H25ClN2O5/c1-16(10-25(31)32)14-29-26(33)17-11-18(28)13-19(12-17)30-27(34)35-15-24-22-8-4-2-6-20(22)21-7-3-5-9-23(21)24/h2-9,11-13,16,24H,10,14-15H2,1H3,(H,29,33)(H,30,34)(H,31,32). The molecule has 7 nitrogen and oxygen atoms in total. The Bertz CT molecular complexity index is 1230. The highest BCUT2D eigenvalue weighted by Crippen LogP contribution is 2.44. The fraction of sp³-hybridized carbons (Fsp3) is 0.222. The van der Waals surface area contributed by atoms with Gasteiger partial charge >= 0.3 is 12.1 Å². The predicted octanol–water partition coefficient (Wildman–Crippen LogP) is 5.54. The lowest BCUT2D eigenvalue weighted by atomic mass is 9.98. The molecule has 0 spiro atoms. The number of hydrogen-bond donors (Lipinski definition) is 3. The van der Waals surface area contributed by atoms with E-state index in [1.807, 2.05) is 36.4 Å². The number of carboxylic acid groups (broad SMARTS) is 1. The van der Waals surface area contributed by atoms with Gasteiger partial charge in [-0.05, 0) is 46.4 Å². The number of benzene rings is 3. The molecule has 1 unspecified atom stereocenters. The summed E-state index contributed by atoms with van der Waals surface area (Å²) >= 11 is 6.15. The van der Waals surface area contributed by atoms with Gasteiger partial charge in [-0.3, -0.25) is 14.9 Å². The molecule has 0 aliphatic heterocycles. The lowest BCUT2D eigenvalue weighted by Gasteiger charge is -2.15. The van der Waals surface area contributed by atoms with Gasteiger partial charge in [0.1, 0.15) is 6.61 Å². The third kappa shape index (κ3) is 5.81. The molecule has 4 rings (SSSR count). The van der Waals surface area contributed by atoms with Crippen LogP contribution in [0, 0.1) is 5.92 Å². The fourth-order valence-electron chi connectivity index (χ4n) is 4.28. The zero-order valence-corrected chi connectivity index (χ0v) is 19.8. The normalized spacial score (nSPS) is 12.9. The van der Waals surface area contributed by atoms with Gasteiger partial charge in [-0.25, -0.2) is 4.79 Å². The van der Waals surface area contributed by atoms with Crippen LogP contribution in [0.2, 0.25) is 5.02 Å². The summed E-state index contributed by atoms with van der Waals surface area (Å²) in [5.41, 5.74) is 5.06. The SMILES string of the molecule is CC(CNC(=O)c1cc(Cl)cc(NC(=O)OCC2c3ccccc3-c3ccccc32)c1)CC(=O)O. The highest BCUT2D eigenvalue weighted by atomic mass is 35.5. The molecule has 0 radical (unpaired) electrons. The van der Waals surface area contributed by atoms with Gasteiger partial charge in [-0.2, -0.15) is 0 Å². The van der Waals surface area contributed by atoms with E-state index >= 15 is 0 Å². The van der Waals surface area contributed by atoms with E-state index in [-0.39, 0.29) is 42.0 Å². The maximum Gasteiger partial charge on any atom is 0.411 e. The van der Waals surface area contributed by atoms with E-state index in [0.29, 0.717) is 5.69 Å². The molecule has 0 fully saturated rings. The molecule has 180 valence electrons. The van der Waals surface area contributed by atoms with Crippen LogP contribution < -0.4 is 10.6 Å². The first-order valence-corrected chi connectivity index (χ1v) is 11.6. The fourth-order valence-corrected chi connectivity index (χ4v) is 4.52. The van der Waals surface area contributed by atoms with Crippen molar-refractivity contribution in [3.63, 3.8) is 0 Å². The van der Waals surface area contributed by atoms with Crippen molar-refractivity contribution in [3.8, 4) is 11.1 Å². The zero-order valence-electron chi connectivity index (χ0n) is 19.1. The van der Waals surface area contributed by atoms with Crippen LogP contribution in [0.1, 0.15) is 40.7 Å². The van der Waals surface area contributed by atoms with Gasteiger partial charge in [-0.15, -0.1) is 0 Å². The van der Waals surface area contributed by atoms with E-state index in [1.165, 1.54) is 18.2 Å². The molecule has 3 aromatic carbocycles. The number of carbonyl (C=O) groups excluding carboxylic acids is 2. The smallest absolute Gasteiger partial charge is 0.411 e. The highest BCUT2D eigenvalue weighted by Gasteiger charge is 2.29. The summed E-state index contributed by atoms with van der Waals surface area (Å²) in [6.45, 7) is 2.10. The molecule has 0 saturated carbocycles. The van der Waals surface area contributed by atoms with Gasteiger partial charge in [0.15, 0.2) is 0 Å². The predicted molar refractivity (Wildman–Crippen MR) is 134 cm³/mol. The van der Waals surface area contributed by atoms with Crippen LogP contribution in [-0.2, 0) is 9.53 Å². The van der Waals surface area contributed by atoms with Crippen molar-refractivity contribution in [3.05, 3.63) is 88.4 Å². The Labute approximate surface area is 208 Å². The average Bonchev–Trinajstić information content (AvgIpc) is 3.14. The molecule has 0 saturated heterocycles. The molecule has 35 heavy (non-hydrogen) atoms.